The first-order valence-corrected chi connectivity index (χ1v) is 2.20. The molecule has 0 aliphatic rings. The number of para-hydroxylation sites is 1. The molecule has 2 N–H and O–H groups in total. The molecular weight excluding hydrogens is 86.1 g/mol. The van der Waals surface area contributed by atoms with Crippen molar-refractivity contribution in [3.63, 3.8) is 0 Å². The third kappa shape index (κ3) is 0.929. The number of hydrogen-bond donors (Lipinski definition) is 1. The fourth-order valence-electron chi connectivity index (χ4n) is 0.453. The van der Waals surface area contributed by atoms with Crippen LogP contribution in [0.15, 0.2) is 30.3 Å². The van der Waals surface area contributed by atoms with Crippen molar-refractivity contribution >= 4 is 5.69 Å². The van der Waals surface area contributed by atoms with Gasteiger partial charge in [-0.25, -0.2) is 0 Å². The summed E-state index contributed by atoms with van der Waals surface area (Å²) in [7, 11) is 0. The van der Waals surface area contributed by atoms with Crippen LogP contribution in [0.4, 0.5) is 5.69 Å². The normalized spacial score (nSPS) is 8.57. The third-order valence-corrected chi connectivity index (χ3v) is 0.800. The maximum absolute atomic E-state index is 5.36. The highest BCUT2D eigenvalue weighted by molar-refractivity contribution is 5.35. The van der Waals surface area contributed by atoms with Gasteiger partial charge in [-0.2, -0.15) is 0 Å². The molecule has 0 spiro atoms. The van der Waals surface area contributed by atoms with E-state index in [0.29, 0.717) is 0 Å². The summed E-state index contributed by atoms with van der Waals surface area (Å²) in [5.41, 5.74) is 6.18. The number of hydrogen-bond acceptors (Lipinski definition) is 1. The van der Waals surface area contributed by atoms with Crippen molar-refractivity contribution in [2.75, 3.05) is 5.73 Å². The highest BCUT2D eigenvalue weighted by Gasteiger charge is 1.72. The first-order valence-electron chi connectivity index (χ1n) is 2.20. The van der Waals surface area contributed by atoms with Crippen LogP contribution in [-0.2, 0) is 0 Å². The molecule has 36 valence electrons. The van der Waals surface area contributed by atoms with Crippen LogP contribution in [0.25, 0.3) is 0 Å². The number of nitrogens with two attached hydrogens (primary N) is 1. The van der Waals surface area contributed by atoms with Gasteiger partial charge in [0.05, 0.1) is 0 Å². The molecule has 0 amide bonds. The zero-order valence-corrected chi connectivity index (χ0v) is 3.96. The van der Waals surface area contributed by atoms with Crippen molar-refractivity contribution < 1.29 is 0 Å². The standard InChI is InChI=1S/C6H7N/c7-6-4-2-1-3-5-6/h1-5H,7H2/i6+0. The molecule has 0 saturated heterocycles. The van der Waals surface area contributed by atoms with Gasteiger partial charge < -0.3 is 5.73 Å². The van der Waals surface area contributed by atoms with Crippen molar-refractivity contribution in [2.45, 2.75) is 0 Å². The van der Waals surface area contributed by atoms with Crippen molar-refractivity contribution in [3.8, 4) is 0 Å². The van der Waals surface area contributed by atoms with Gasteiger partial charge in [-0.05, 0) is 12.1 Å². The second kappa shape index (κ2) is 1.65. The van der Waals surface area contributed by atoms with Crippen molar-refractivity contribution in [2.24, 2.45) is 0 Å². The van der Waals surface area contributed by atoms with Gasteiger partial charge in [0.25, 0.3) is 0 Å². The van der Waals surface area contributed by atoms with Crippen LogP contribution < -0.4 is 5.73 Å². The molecule has 0 fully saturated rings. The Bertz CT molecular complexity index is 134. The van der Waals surface area contributed by atoms with Crippen LogP contribution in [-0.4, -0.2) is 0 Å². The molecule has 0 unspecified atom stereocenters. The number of anilines is 1. The Balaban J connectivity index is 3.02. The number of nitrogen functional groups attached to an aromatic ring is 1. The predicted molar refractivity (Wildman–Crippen MR) is 30.9 cm³/mol. The summed E-state index contributed by atoms with van der Waals surface area (Å²) in [6.45, 7) is 0. The van der Waals surface area contributed by atoms with E-state index in [1.807, 2.05) is 30.3 Å². The SMILES string of the molecule is N[12c]1ccccc1. The Morgan fingerprint density at radius 2 is 1.57 bits per heavy atom. The van der Waals surface area contributed by atoms with E-state index in [2.05, 4.69) is 0 Å². The van der Waals surface area contributed by atoms with Crippen molar-refractivity contribution in [3.05, 3.63) is 30.3 Å². The molecule has 1 aromatic rings. The van der Waals surface area contributed by atoms with Crippen LogP contribution in [0.3, 0.4) is 0 Å². The summed E-state index contributed by atoms with van der Waals surface area (Å²) < 4.78 is 0. The van der Waals surface area contributed by atoms with E-state index < -0.39 is 0 Å². The van der Waals surface area contributed by atoms with Crippen LogP contribution in [0.5, 0.6) is 0 Å². The second-order valence-corrected chi connectivity index (χ2v) is 1.41. The van der Waals surface area contributed by atoms with E-state index in [0.717, 1.165) is 5.69 Å². The van der Waals surface area contributed by atoms with E-state index >= 15 is 0 Å². The van der Waals surface area contributed by atoms with Crippen LogP contribution >= 0.6 is 0 Å². The maximum Gasteiger partial charge on any atom is 0.0313 e. The molecule has 1 nitrogen and oxygen atoms in total. The average Bonchev–Trinajstić information content (AvgIpc) is 1.69. The minimum atomic E-state index is 0.822. The first kappa shape index (κ1) is 4.19. The molecule has 0 saturated carbocycles. The highest BCUT2D eigenvalue weighted by Crippen LogP contribution is 1.95. The summed E-state index contributed by atoms with van der Waals surface area (Å²) in [5, 5.41) is 0. The van der Waals surface area contributed by atoms with Gasteiger partial charge >= 0.3 is 0 Å². The topological polar surface area (TPSA) is 26.0 Å². The van der Waals surface area contributed by atoms with Gasteiger partial charge in [-0.3, -0.25) is 0 Å². The van der Waals surface area contributed by atoms with Crippen LogP contribution in [0.2, 0.25) is 0 Å². The highest BCUT2D eigenvalue weighted by atomic mass is 14.5. The summed E-state index contributed by atoms with van der Waals surface area (Å²) in [4.78, 5) is 0. The molecule has 0 aromatic heterocycles. The molecular formula is C6H7N. The average molecular weight is 93.1 g/mol. The van der Waals surface area contributed by atoms with E-state index in [-0.39, 0.29) is 0 Å². The van der Waals surface area contributed by atoms with E-state index in [1.54, 1.807) is 0 Å². The zero-order chi connectivity index (χ0) is 5.11. The molecule has 0 bridgehead atoms. The molecule has 0 radical (unpaired) electrons. The lowest BCUT2D eigenvalue weighted by atomic mass is 10.3. The van der Waals surface area contributed by atoms with Crippen molar-refractivity contribution in [1.82, 2.24) is 0 Å². The molecule has 0 atom stereocenters. The van der Waals surface area contributed by atoms with Gasteiger partial charge in [0, 0.05) is 5.69 Å². The lowest BCUT2D eigenvalue weighted by molar-refractivity contribution is 1.69. The van der Waals surface area contributed by atoms with Gasteiger partial charge in [0.1, 0.15) is 0 Å². The predicted octanol–water partition coefficient (Wildman–Crippen LogP) is 1.27. The third-order valence-electron chi connectivity index (χ3n) is 0.800. The van der Waals surface area contributed by atoms with E-state index in [4.69, 9.17) is 5.73 Å². The number of benzene rings is 1. The van der Waals surface area contributed by atoms with Gasteiger partial charge in [-0.1, -0.05) is 18.2 Å². The smallest absolute Gasteiger partial charge is 0.0313 e. The second-order valence-electron chi connectivity index (χ2n) is 1.41. The van der Waals surface area contributed by atoms with Crippen molar-refractivity contribution in [1.29, 1.82) is 0 Å². The molecule has 7 heavy (non-hydrogen) atoms. The monoisotopic (exact) mass is 93.1 g/mol. The van der Waals surface area contributed by atoms with Crippen LogP contribution in [0.1, 0.15) is 0 Å². The van der Waals surface area contributed by atoms with Gasteiger partial charge in [-0.15, -0.1) is 0 Å². The fourth-order valence-corrected chi connectivity index (χ4v) is 0.453. The Labute approximate surface area is 42.8 Å². The Morgan fingerprint density at radius 1 is 1.00 bits per heavy atom. The van der Waals surface area contributed by atoms with Gasteiger partial charge in [0.2, 0.25) is 0 Å². The lowest BCUT2D eigenvalue weighted by Gasteiger charge is -1.83. The molecule has 0 aliphatic carbocycles. The molecule has 0 aliphatic heterocycles. The minimum absolute atomic E-state index is 0.822. The molecule has 1 rings (SSSR count). The van der Waals surface area contributed by atoms with E-state index in [9.17, 15) is 0 Å². The molecule has 0 heterocycles. The molecule has 1 aromatic carbocycles. The molecule has 1 heteroatoms. The fraction of sp³-hybridized carbons (Fsp3) is 0. The number of rotatable bonds is 0. The zero-order valence-electron chi connectivity index (χ0n) is 3.96. The Kier molecular flexibility index (Phi) is 0.984. The minimum Gasteiger partial charge on any atom is -0.399 e. The summed E-state index contributed by atoms with van der Waals surface area (Å²) >= 11 is 0. The lowest BCUT2D eigenvalue weighted by Crippen LogP contribution is -1.79. The van der Waals surface area contributed by atoms with Crippen LogP contribution in [0, 0.1) is 0 Å². The summed E-state index contributed by atoms with van der Waals surface area (Å²) in [6, 6.07) is 9.49. The largest absolute Gasteiger partial charge is 0.399 e. The van der Waals surface area contributed by atoms with Gasteiger partial charge in [0.15, 0.2) is 0 Å². The summed E-state index contributed by atoms with van der Waals surface area (Å²) in [5.74, 6) is 0. The van der Waals surface area contributed by atoms with E-state index in [1.165, 1.54) is 0 Å². The summed E-state index contributed by atoms with van der Waals surface area (Å²) in [6.07, 6.45) is 0. The maximum atomic E-state index is 5.36. The first-order chi connectivity index (χ1) is 3.39. The Morgan fingerprint density at radius 3 is 1.86 bits per heavy atom. The Hall–Kier alpha value is -0.980. The quantitative estimate of drug-likeness (QED) is 0.480.